The number of rotatable bonds is 5. The fraction of sp³-hybridized carbons (Fsp3) is 0.250. The van der Waals surface area contributed by atoms with E-state index in [1.165, 1.54) is 11.3 Å². The summed E-state index contributed by atoms with van der Waals surface area (Å²) >= 11 is 1.53. The minimum Gasteiger partial charge on any atom is -0.355 e. The molecule has 1 N–H and O–H groups in total. The van der Waals surface area contributed by atoms with Gasteiger partial charge in [0.25, 0.3) is 5.91 Å². The van der Waals surface area contributed by atoms with Gasteiger partial charge in [0.15, 0.2) is 11.5 Å². The first-order valence-corrected chi connectivity index (χ1v) is 9.71. The summed E-state index contributed by atoms with van der Waals surface area (Å²) in [5.74, 6) is 0.432. The van der Waals surface area contributed by atoms with E-state index in [0.29, 0.717) is 12.2 Å². The zero-order valence-electron chi connectivity index (χ0n) is 14.8. The maximum Gasteiger partial charge on any atom is 0.273 e. The monoisotopic (exact) mass is 381 g/mol. The molecule has 0 radical (unpaired) electrons. The number of anilines is 1. The van der Waals surface area contributed by atoms with Crippen molar-refractivity contribution >= 4 is 28.8 Å². The Morgan fingerprint density at radius 1 is 1.30 bits per heavy atom. The maximum absolute atomic E-state index is 12.5. The molecule has 3 aromatic rings. The fourth-order valence-corrected chi connectivity index (χ4v) is 3.83. The summed E-state index contributed by atoms with van der Waals surface area (Å²) in [6.45, 7) is 2.65. The molecule has 0 unspecified atom stereocenters. The average Bonchev–Trinajstić information content (AvgIpc) is 3.42. The Balaban J connectivity index is 1.46. The number of aromatic nitrogens is 1. The normalized spacial score (nSPS) is 15.1. The molecular weight excluding hydrogens is 362 g/mol. The maximum atomic E-state index is 12.5. The van der Waals surface area contributed by atoms with Crippen LogP contribution in [0.25, 0.3) is 10.6 Å². The van der Waals surface area contributed by atoms with E-state index >= 15 is 0 Å². The highest BCUT2D eigenvalue weighted by Crippen LogP contribution is 2.26. The van der Waals surface area contributed by atoms with Crippen molar-refractivity contribution in [2.45, 2.75) is 25.8 Å². The molecule has 2 amide bonds. The summed E-state index contributed by atoms with van der Waals surface area (Å²) < 4.78 is 5.27. The number of carbonyl (C=O) groups is 2. The summed E-state index contributed by atoms with van der Waals surface area (Å²) in [6, 6.07) is 13.0. The van der Waals surface area contributed by atoms with Crippen molar-refractivity contribution in [3.8, 4) is 10.6 Å². The van der Waals surface area contributed by atoms with Crippen LogP contribution < -0.4 is 10.2 Å². The Morgan fingerprint density at radius 2 is 2.19 bits per heavy atom. The zero-order valence-corrected chi connectivity index (χ0v) is 15.7. The first-order valence-electron chi connectivity index (χ1n) is 8.83. The van der Waals surface area contributed by atoms with E-state index in [2.05, 4.69) is 10.5 Å². The number of amides is 2. The number of nitrogens with one attached hydrogen (secondary N) is 1. The molecule has 0 aliphatic carbocycles. The minimum absolute atomic E-state index is 0.146. The van der Waals surface area contributed by atoms with Crippen LogP contribution in [0.2, 0.25) is 0 Å². The van der Waals surface area contributed by atoms with Gasteiger partial charge in [0.2, 0.25) is 5.91 Å². The lowest BCUT2D eigenvalue weighted by atomic mass is 10.1. The number of hydrogen-bond acceptors (Lipinski definition) is 5. The number of benzene rings is 1. The fourth-order valence-electron chi connectivity index (χ4n) is 3.15. The van der Waals surface area contributed by atoms with E-state index in [4.69, 9.17) is 4.52 Å². The molecule has 1 aliphatic heterocycles. The van der Waals surface area contributed by atoms with Gasteiger partial charge in [0.05, 0.1) is 10.9 Å². The first-order chi connectivity index (χ1) is 13.1. The van der Waals surface area contributed by atoms with Crippen LogP contribution in [0, 0.1) is 0 Å². The van der Waals surface area contributed by atoms with Crippen LogP contribution in [0.3, 0.4) is 0 Å². The molecule has 1 aromatic carbocycles. The molecule has 0 spiro atoms. The molecule has 4 rings (SSSR count). The lowest BCUT2D eigenvalue weighted by molar-refractivity contribution is -0.117. The van der Waals surface area contributed by atoms with Gasteiger partial charge in [-0.05, 0) is 42.5 Å². The van der Waals surface area contributed by atoms with Crippen molar-refractivity contribution in [1.29, 1.82) is 0 Å². The second-order valence-electron chi connectivity index (χ2n) is 6.49. The average molecular weight is 381 g/mol. The minimum atomic E-state index is -0.295. The number of nitrogens with zero attached hydrogens (tertiary/aromatic N) is 2. The van der Waals surface area contributed by atoms with Gasteiger partial charge in [-0.1, -0.05) is 23.4 Å². The Morgan fingerprint density at radius 3 is 2.93 bits per heavy atom. The third-order valence-corrected chi connectivity index (χ3v) is 5.49. The Labute approximate surface area is 160 Å². The first kappa shape index (κ1) is 17.5. The van der Waals surface area contributed by atoms with Crippen LogP contribution in [0.1, 0.15) is 41.9 Å². The van der Waals surface area contributed by atoms with E-state index in [-0.39, 0.29) is 23.6 Å². The van der Waals surface area contributed by atoms with Crippen molar-refractivity contribution in [3.05, 3.63) is 59.1 Å². The second kappa shape index (κ2) is 7.36. The summed E-state index contributed by atoms with van der Waals surface area (Å²) in [7, 11) is 0. The summed E-state index contributed by atoms with van der Waals surface area (Å²) in [5.41, 5.74) is 2.05. The van der Waals surface area contributed by atoms with Crippen LogP contribution >= 0.6 is 11.3 Å². The van der Waals surface area contributed by atoms with E-state index in [1.807, 2.05) is 48.7 Å². The Bertz CT molecular complexity index is 965. The highest BCUT2D eigenvalue weighted by molar-refractivity contribution is 7.13. The quantitative estimate of drug-likeness (QED) is 0.724. The van der Waals surface area contributed by atoms with Gasteiger partial charge in [-0.15, -0.1) is 11.3 Å². The molecule has 3 heterocycles. The second-order valence-corrected chi connectivity index (χ2v) is 7.44. The molecule has 7 heteroatoms. The van der Waals surface area contributed by atoms with Crippen LogP contribution in [-0.4, -0.2) is 23.5 Å². The van der Waals surface area contributed by atoms with Crippen molar-refractivity contribution in [1.82, 2.24) is 10.5 Å². The lowest BCUT2D eigenvalue weighted by Crippen LogP contribution is -2.27. The van der Waals surface area contributed by atoms with Crippen molar-refractivity contribution in [3.63, 3.8) is 0 Å². The van der Waals surface area contributed by atoms with Crippen LogP contribution in [0.15, 0.2) is 52.4 Å². The SMILES string of the molecule is C[C@@H](NC(=O)c1cc(-c2cccs2)on1)c1cccc(N2CCCC2=O)c1. The van der Waals surface area contributed by atoms with Crippen LogP contribution in [0.5, 0.6) is 0 Å². The Hall–Kier alpha value is -2.93. The largest absolute Gasteiger partial charge is 0.355 e. The van der Waals surface area contributed by atoms with Gasteiger partial charge in [-0.25, -0.2) is 0 Å². The van der Waals surface area contributed by atoms with E-state index in [9.17, 15) is 9.59 Å². The standard InChI is InChI=1S/C20H19N3O3S/c1-13(14-5-2-6-15(11-14)23-9-3-8-19(23)24)21-20(25)16-12-17(26-22-16)18-7-4-10-27-18/h2,4-7,10-13H,3,8-9H2,1H3,(H,21,25)/t13-/m1/s1. The van der Waals surface area contributed by atoms with Gasteiger partial charge in [0.1, 0.15) is 0 Å². The number of thiophene rings is 1. The molecule has 2 aromatic heterocycles. The van der Waals surface area contributed by atoms with Crippen molar-refractivity contribution < 1.29 is 14.1 Å². The summed E-state index contributed by atoms with van der Waals surface area (Å²) in [5, 5.41) is 8.76. The predicted octanol–water partition coefficient (Wildman–Crippen LogP) is 4.02. The summed E-state index contributed by atoms with van der Waals surface area (Å²) in [6.07, 6.45) is 1.48. The highest BCUT2D eigenvalue weighted by atomic mass is 32.1. The molecule has 1 saturated heterocycles. The smallest absolute Gasteiger partial charge is 0.273 e. The lowest BCUT2D eigenvalue weighted by Gasteiger charge is -2.19. The third kappa shape index (κ3) is 3.64. The molecule has 1 fully saturated rings. The molecule has 138 valence electrons. The van der Waals surface area contributed by atoms with Crippen LogP contribution in [0.4, 0.5) is 5.69 Å². The highest BCUT2D eigenvalue weighted by Gasteiger charge is 2.23. The van der Waals surface area contributed by atoms with Gasteiger partial charge in [0, 0.05) is 24.7 Å². The van der Waals surface area contributed by atoms with Crippen molar-refractivity contribution in [2.75, 3.05) is 11.4 Å². The zero-order chi connectivity index (χ0) is 18.8. The molecule has 6 nitrogen and oxygen atoms in total. The topological polar surface area (TPSA) is 75.4 Å². The van der Waals surface area contributed by atoms with Crippen LogP contribution in [-0.2, 0) is 4.79 Å². The summed E-state index contributed by atoms with van der Waals surface area (Å²) in [4.78, 5) is 27.2. The predicted molar refractivity (Wildman–Crippen MR) is 104 cm³/mol. The molecule has 27 heavy (non-hydrogen) atoms. The molecular formula is C20H19N3O3S. The number of hydrogen-bond donors (Lipinski definition) is 1. The van der Waals surface area contributed by atoms with Crippen molar-refractivity contribution in [2.24, 2.45) is 0 Å². The Kier molecular flexibility index (Phi) is 4.77. The molecule has 1 atom stereocenters. The third-order valence-electron chi connectivity index (χ3n) is 4.61. The van der Waals surface area contributed by atoms with E-state index < -0.39 is 0 Å². The molecule has 1 aliphatic rings. The molecule has 0 saturated carbocycles. The van der Waals surface area contributed by atoms with Gasteiger partial charge in [-0.3, -0.25) is 9.59 Å². The van der Waals surface area contributed by atoms with Gasteiger partial charge < -0.3 is 14.7 Å². The van der Waals surface area contributed by atoms with Gasteiger partial charge >= 0.3 is 0 Å². The number of carbonyl (C=O) groups excluding carboxylic acids is 2. The van der Waals surface area contributed by atoms with Gasteiger partial charge in [-0.2, -0.15) is 0 Å². The molecule has 0 bridgehead atoms. The van der Waals surface area contributed by atoms with E-state index in [1.54, 1.807) is 11.0 Å². The van der Waals surface area contributed by atoms with E-state index in [0.717, 1.165) is 29.1 Å².